The quantitative estimate of drug-likeness (QED) is 0.641. The summed E-state index contributed by atoms with van der Waals surface area (Å²) in [4.78, 5) is 12.4. The summed E-state index contributed by atoms with van der Waals surface area (Å²) in [6.45, 7) is 1.06. The van der Waals surface area contributed by atoms with Crippen LogP contribution in [0.1, 0.15) is 11.1 Å². The number of benzene rings is 2. The molecule has 0 fully saturated rings. The molecule has 0 saturated heterocycles. The van der Waals surface area contributed by atoms with Gasteiger partial charge >= 0.3 is 5.69 Å². The molecule has 2 aromatic carbocycles. The summed E-state index contributed by atoms with van der Waals surface area (Å²) in [7, 11) is -3.67. The second kappa shape index (κ2) is 5.10. The minimum absolute atomic E-state index is 0.244. The van der Waals surface area contributed by atoms with Crippen LogP contribution in [0.4, 0.5) is 11.4 Å². The molecular weight excluding hydrogens is 304 g/mol. The lowest BCUT2D eigenvalue weighted by Gasteiger charge is -2.18. The molecule has 0 spiro atoms. The average molecular weight is 318 g/mol. The van der Waals surface area contributed by atoms with Gasteiger partial charge in [0.25, 0.3) is 0 Å². The van der Waals surface area contributed by atoms with Crippen molar-refractivity contribution in [2.24, 2.45) is 0 Å². The summed E-state index contributed by atoms with van der Waals surface area (Å²) in [5, 5.41) is 11.4. The maximum Gasteiger partial charge on any atom is 0.311 e. The molecule has 114 valence electrons. The van der Waals surface area contributed by atoms with Gasteiger partial charge in [-0.1, -0.05) is 30.3 Å². The number of para-hydroxylation sites is 1. The topological polar surface area (TPSA) is 80.5 Å². The van der Waals surface area contributed by atoms with Crippen LogP contribution in [-0.4, -0.2) is 19.6 Å². The van der Waals surface area contributed by atoms with Crippen LogP contribution in [0.25, 0.3) is 0 Å². The predicted molar refractivity (Wildman–Crippen MR) is 82.5 cm³/mol. The van der Waals surface area contributed by atoms with Crippen LogP contribution >= 0.6 is 0 Å². The Hall–Kier alpha value is -2.41. The fourth-order valence-electron chi connectivity index (χ4n) is 2.75. The van der Waals surface area contributed by atoms with Crippen LogP contribution in [-0.2, 0) is 22.9 Å². The van der Waals surface area contributed by atoms with Gasteiger partial charge in [-0.25, -0.2) is 8.42 Å². The highest BCUT2D eigenvalue weighted by atomic mass is 32.2. The summed E-state index contributed by atoms with van der Waals surface area (Å²) in [6.07, 6.45) is 0.984. The van der Waals surface area contributed by atoms with E-state index in [9.17, 15) is 18.5 Å². The molecule has 0 radical (unpaired) electrons. The molecule has 0 atom stereocenters. The highest BCUT2D eigenvalue weighted by molar-refractivity contribution is 7.90. The van der Waals surface area contributed by atoms with Crippen molar-refractivity contribution >= 4 is 21.2 Å². The lowest BCUT2D eigenvalue weighted by atomic mass is 10.1. The highest BCUT2D eigenvalue weighted by Crippen LogP contribution is 2.38. The van der Waals surface area contributed by atoms with Crippen molar-refractivity contribution in [1.82, 2.24) is 0 Å². The second-order valence-electron chi connectivity index (χ2n) is 5.28. The van der Waals surface area contributed by atoms with Crippen molar-refractivity contribution in [1.29, 1.82) is 0 Å². The zero-order valence-electron chi connectivity index (χ0n) is 11.9. The Labute approximate surface area is 128 Å². The van der Waals surface area contributed by atoms with Gasteiger partial charge in [-0.2, -0.15) is 0 Å². The smallest absolute Gasteiger partial charge is 0.311 e. The monoisotopic (exact) mass is 318 g/mol. The molecule has 0 aromatic heterocycles. The largest absolute Gasteiger partial charge is 0.357 e. The van der Waals surface area contributed by atoms with Crippen LogP contribution in [0.3, 0.4) is 0 Å². The number of rotatable bonds is 3. The van der Waals surface area contributed by atoms with Crippen LogP contribution in [0.5, 0.6) is 0 Å². The van der Waals surface area contributed by atoms with Gasteiger partial charge in [-0.05, 0) is 23.3 Å². The minimum Gasteiger partial charge on any atom is -0.357 e. The number of hydrogen-bond donors (Lipinski definition) is 0. The van der Waals surface area contributed by atoms with Gasteiger partial charge in [0, 0.05) is 19.3 Å². The van der Waals surface area contributed by atoms with Crippen molar-refractivity contribution in [2.75, 3.05) is 11.2 Å². The number of nitro groups is 1. The van der Waals surface area contributed by atoms with E-state index in [1.165, 1.54) is 6.07 Å². The van der Waals surface area contributed by atoms with Gasteiger partial charge in [-0.15, -0.1) is 0 Å². The Morgan fingerprint density at radius 2 is 1.64 bits per heavy atom. The molecule has 1 aliphatic rings. The summed E-state index contributed by atoms with van der Waals surface area (Å²) in [5.41, 5.74) is 2.19. The first kappa shape index (κ1) is 14.5. The standard InChI is InChI=1S/C15H14N2O4S/c1-22(20,21)14-8-4-7-13(15(14)17(18)19)16-9-11-5-2-3-6-12(11)10-16/h2-8H,9-10H2,1H3. The number of hydrogen-bond acceptors (Lipinski definition) is 5. The summed E-state index contributed by atoms with van der Waals surface area (Å²) in [6, 6.07) is 12.2. The Kier molecular flexibility index (Phi) is 3.37. The Balaban J connectivity index is 2.12. The number of sulfone groups is 1. The molecule has 6 nitrogen and oxygen atoms in total. The van der Waals surface area contributed by atoms with Crippen LogP contribution in [0.2, 0.25) is 0 Å². The molecule has 22 heavy (non-hydrogen) atoms. The normalized spacial score (nSPS) is 14.0. The molecule has 0 bridgehead atoms. The van der Waals surface area contributed by atoms with Gasteiger partial charge in [0.15, 0.2) is 9.84 Å². The molecule has 0 N–H and O–H groups in total. The number of nitro benzene ring substituents is 1. The van der Waals surface area contributed by atoms with E-state index in [1.807, 2.05) is 29.2 Å². The fourth-order valence-corrected chi connectivity index (χ4v) is 3.61. The van der Waals surface area contributed by atoms with Gasteiger partial charge in [0.2, 0.25) is 0 Å². The molecule has 1 heterocycles. The van der Waals surface area contributed by atoms with Crippen molar-refractivity contribution in [2.45, 2.75) is 18.0 Å². The van der Waals surface area contributed by atoms with E-state index in [-0.39, 0.29) is 10.6 Å². The average Bonchev–Trinajstić information content (AvgIpc) is 2.89. The molecular formula is C15H14N2O4S. The third-order valence-electron chi connectivity index (χ3n) is 3.74. The lowest BCUT2D eigenvalue weighted by Crippen LogP contribution is -2.17. The van der Waals surface area contributed by atoms with E-state index in [2.05, 4.69) is 0 Å². The Morgan fingerprint density at radius 1 is 1.05 bits per heavy atom. The molecule has 0 saturated carbocycles. The van der Waals surface area contributed by atoms with E-state index < -0.39 is 14.8 Å². The van der Waals surface area contributed by atoms with Gasteiger partial charge in [0.1, 0.15) is 10.6 Å². The molecule has 0 unspecified atom stereocenters. The fraction of sp³-hybridized carbons (Fsp3) is 0.200. The molecule has 1 aliphatic heterocycles. The van der Waals surface area contributed by atoms with Gasteiger partial charge < -0.3 is 4.90 Å². The van der Waals surface area contributed by atoms with E-state index in [0.717, 1.165) is 17.4 Å². The maximum absolute atomic E-state index is 11.8. The second-order valence-corrected chi connectivity index (χ2v) is 7.26. The zero-order valence-corrected chi connectivity index (χ0v) is 12.7. The SMILES string of the molecule is CS(=O)(=O)c1cccc(N2Cc3ccccc3C2)c1[N+](=O)[O-]. The predicted octanol–water partition coefficient (Wildman–Crippen LogP) is 2.52. The van der Waals surface area contributed by atoms with E-state index in [1.54, 1.807) is 12.1 Å². The molecule has 0 aliphatic carbocycles. The number of fused-ring (bicyclic) bond motifs is 1. The first-order valence-corrected chi connectivity index (χ1v) is 8.56. The first-order valence-electron chi connectivity index (χ1n) is 6.67. The van der Waals surface area contributed by atoms with Crippen LogP contribution < -0.4 is 4.90 Å². The molecule has 2 aromatic rings. The molecule has 7 heteroatoms. The van der Waals surface area contributed by atoms with Crippen molar-refractivity contribution in [3.05, 3.63) is 63.7 Å². The first-order chi connectivity index (χ1) is 10.4. The maximum atomic E-state index is 11.8. The summed E-state index contributed by atoms with van der Waals surface area (Å²) < 4.78 is 23.6. The minimum atomic E-state index is -3.67. The lowest BCUT2D eigenvalue weighted by molar-refractivity contribution is -0.387. The number of nitrogens with zero attached hydrogens (tertiary/aromatic N) is 2. The van der Waals surface area contributed by atoms with Gasteiger partial charge in [0.05, 0.1) is 4.92 Å². The highest BCUT2D eigenvalue weighted by Gasteiger charge is 2.31. The Bertz CT molecular complexity index is 837. The Morgan fingerprint density at radius 3 is 2.14 bits per heavy atom. The van der Waals surface area contributed by atoms with Crippen molar-refractivity contribution in [3.8, 4) is 0 Å². The summed E-state index contributed by atoms with van der Waals surface area (Å²) >= 11 is 0. The third-order valence-corrected chi connectivity index (χ3v) is 4.87. The molecule has 0 amide bonds. The van der Waals surface area contributed by atoms with Crippen molar-refractivity contribution in [3.63, 3.8) is 0 Å². The van der Waals surface area contributed by atoms with Crippen LogP contribution in [0, 0.1) is 10.1 Å². The van der Waals surface area contributed by atoms with Crippen molar-refractivity contribution < 1.29 is 13.3 Å². The number of anilines is 1. The summed E-state index contributed by atoms with van der Waals surface area (Å²) in [5.74, 6) is 0. The zero-order chi connectivity index (χ0) is 15.9. The van der Waals surface area contributed by atoms with Crippen LogP contribution in [0.15, 0.2) is 47.4 Å². The van der Waals surface area contributed by atoms with Gasteiger partial charge in [-0.3, -0.25) is 10.1 Å². The van der Waals surface area contributed by atoms with E-state index >= 15 is 0 Å². The van der Waals surface area contributed by atoms with E-state index in [4.69, 9.17) is 0 Å². The van der Waals surface area contributed by atoms with E-state index in [0.29, 0.717) is 18.8 Å². The molecule has 3 rings (SSSR count). The third kappa shape index (κ3) is 2.43.